The van der Waals surface area contributed by atoms with Gasteiger partial charge in [0.25, 0.3) is 10.0 Å². The molecule has 3 heterocycles. The van der Waals surface area contributed by atoms with Gasteiger partial charge in [0.1, 0.15) is 15.7 Å². The first-order valence-corrected chi connectivity index (χ1v) is 15.1. The average Bonchev–Trinajstić information content (AvgIpc) is 3.67. The molecule has 2 saturated heterocycles. The predicted octanol–water partition coefficient (Wildman–Crippen LogP) is 6.03. The lowest BCUT2D eigenvalue weighted by molar-refractivity contribution is -0.199. The third-order valence-corrected chi connectivity index (χ3v) is 9.69. The molecule has 0 spiro atoms. The number of halogens is 6. The molecule has 0 unspecified atom stereocenters. The quantitative estimate of drug-likeness (QED) is 0.227. The summed E-state index contributed by atoms with van der Waals surface area (Å²) in [5.74, 6) is -5.57. The van der Waals surface area contributed by atoms with Crippen molar-refractivity contribution in [2.24, 2.45) is 0 Å². The highest BCUT2D eigenvalue weighted by atomic mass is 35.5. The molecule has 0 atom stereocenters. The summed E-state index contributed by atoms with van der Waals surface area (Å²) in [5, 5.41) is 3.08. The largest absolute Gasteiger partial charge is 0.493 e. The van der Waals surface area contributed by atoms with Gasteiger partial charge in [0.05, 0.1) is 11.2 Å². The van der Waals surface area contributed by atoms with E-state index in [1.165, 1.54) is 6.07 Å². The molecule has 0 amide bonds. The number of nitrogens with one attached hydrogen (secondary N) is 1. The number of hydrogen-bond acceptors (Lipinski definition) is 8. The van der Waals surface area contributed by atoms with Crippen LogP contribution in [-0.2, 0) is 32.7 Å². The molecule has 220 valence electrons. The molecule has 0 radical (unpaired) electrons. The van der Waals surface area contributed by atoms with Crippen LogP contribution in [0.5, 0.6) is 0 Å². The lowest BCUT2D eigenvalue weighted by Crippen LogP contribution is -2.39. The minimum atomic E-state index is -5.55. The monoisotopic (exact) mass is 636 g/mol. The van der Waals surface area contributed by atoms with Crippen LogP contribution in [-0.4, -0.2) is 42.5 Å². The molecular weight excluding hydrogens is 615 g/mol. The van der Waals surface area contributed by atoms with Gasteiger partial charge in [-0.05, 0) is 49.4 Å². The minimum absolute atomic E-state index is 0.0916. The standard InChI is InChI=1S/C25H22ClF5N4O4S2/c26-22-19(32-10-17-14(2-1-3-18(17)27)11-34-15-4-5-16(34)7-6-15)8-9-20(23(22)28)41(37,38)35(21-12-40-13-33-21)39-24(36)25(29,30)31/h1-3,8-9,12-13,15-16,32H,4-7,10-11H2. The lowest BCUT2D eigenvalue weighted by Gasteiger charge is -2.24. The molecule has 2 aliphatic heterocycles. The summed E-state index contributed by atoms with van der Waals surface area (Å²) < 4.78 is 94.6. The lowest BCUT2D eigenvalue weighted by atomic mass is 10.0. The smallest absolute Gasteiger partial charge is 0.380 e. The van der Waals surface area contributed by atoms with Crippen LogP contribution in [0.1, 0.15) is 36.8 Å². The van der Waals surface area contributed by atoms with E-state index in [1.54, 1.807) is 6.07 Å². The number of sulfonamides is 1. The van der Waals surface area contributed by atoms with Crippen LogP contribution >= 0.6 is 22.9 Å². The Bertz CT molecular complexity index is 1540. The number of aromatic nitrogens is 1. The van der Waals surface area contributed by atoms with E-state index in [0.29, 0.717) is 24.2 Å². The van der Waals surface area contributed by atoms with Gasteiger partial charge in [-0.25, -0.2) is 18.6 Å². The molecule has 16 heteroatoms. The highest BCUT2D eigenvalue weighted by molar-refractivity contribution is 7.92. The summed E-state index contributed by atoms with van der Waals surface area (Å²) in [7, 11) is -5.27. The molecule has 41 heavy (non-hydrogen) atoms. The Balaban J connectivity index is 1.39. The maximum atomic E-state index is 15.3. The first-order chi connectivity index (χ1) is 19.4. The zero-order valence-corrected chi connectivity index (χ0v) is 23.4. The summed E-state index contributed by atoms with van der Waals surface area (Å²) in [5.41, 5.74) is 2.06. The zero-order chi connectivity index (χ0) is 29.5. The molecule has 2 fully saturated rings. The van der Waals surface area contributed by atoms with Gasteiger partial charge in [0.15, 0.2) is 11.6 Å². The Labute approximate surface area is 240 Å². The highest BCUT2D eigenvalue weighted by Gasteiger charge is 2.46. The van der Waals surface area contributed by atoms with Crippen molar-refractivity contribution in [3.8, 4) is 0 Å². The van der Waals surface area contributed by atoms with Gasteiger partial charge in [-0.2, -0.15) is 21.6 Å². The third kappa shape index (κ3) is 5.85. The normalized spacial score (nSPS) is 19.0. The van der Waals surface area contributed by atoms with Crippen LogP contribution in [0.25, 0.3) is 0 Å². The number of rotatable bonds is 9. The third-order valence-electron chi connectivity index (χ3n) is 7.18. The Morgan fingerprint density at radius 1 is 1.15 bits per heavy atom. The van der Waals surface area contributed by atoms with Crippen molar-refractivity contribution in [2.45, 2.75) is 61.9 Å². The fourth-order valence-corrected chi connectivity index (χ4v) is 7.33. The maximum Gasteiger partial charge on any atom is 0.493 e. The van der Waals surface area contributed by atoms with Crippen molar-refractivity contribution in [3.63, 3.8) is 0 Å². The van der Waals surface area contributed by atoms with E-state index in [-0.39, 0.29) is 12.2 Å². The summed E-state index contributed by atoms with van der Waals surface area (Å²) >= 11 is 6.91. The molecule has 1 aromatic heterocycles. The van der Waals surface area contributed by atoms with Crippen LogP contribution in [0.15, 0.2) is 46.1 Å². The fraction of sp³-hybridized carbons (Fsp3) is 0.360. The van der Waals surface area contributed by atoms with Crippen molar-refractivity contribution in [3.05, 3.63) is 69.0 Å². The van der Waals surface area contributed by atoms with Crippen molar-refractivity contribution in [1.29, 1.82) is 0 Å². The number of carbonyl (C=O) groups excluding carboxylic acids is 1. The molecule has 1 N–H and O–H groups in total. The van der Waals surface area contributed by atoms with Crippen molar-refractivity contribution < 1.29 is 40.0 Å². The topological polar surface area (TPSA) is 91.8 Å². The van der Waals surface area contributed by atoms with Gasteiger partial charge in [-0.15, -0.1) is 11.3 Å². The summed E-state index contributed by atoms with van der Waals surface area (Å²) in [6.07, 6.45) is -1.13. The molecular formula is C25H22ClF5N4O4S2. The number of thiazole rings is 1. The Morgan fingerprint density at radius 2 is 1.83 bits per heavy atom. The van der Waals surface area contributed by atoms with Crippen LogP contribution in [0.3, 0.4) is 0 Å². The van der Waals surface area contributed by atoms with Gasteiger partial charge in [-0.1, -0.05) is 28.2 Å². The summed E-state index contributed by atoms with van der Waals surface area (Å²) in [6.45, 7) is 0.442. The number of carbonyl (C=O) groups is 1. The van der Waals surface area contributed by atoms with Crippen LogP contribution < -0.4 is 9.79 Å². The van der Waals surface area contributed by atoms with E-state index in [2.05, 4.69) is 20.0 Å². The second kappa shape index (κ2) is 11.3. The Hall–Kier alpha value is -3.01. The molecule has 0 aliphatic carbocycles. The van der Waals surface area contributed by atoms with Crippen LogP contribution in [0.2, 0.25) is 5.02 Å². The SMILES string of the molecule is O=C(ON(c1cscn1)S(=O)(=O)c1ccc(NCc2c(F)cccc2CN2C3CCC2CC3)c(Cl)c1F)C(F)(F)F. The van der Waals surface area contributed by atoms with Crippen LogP contribution in [0.4, 0.5) is 33.5 Å². The fourth-order valence-electron chi connectivity index (χ4n) is 5.21. The second-order valence-electron chi connectivity index (χ2n) is 9.56. The first-order valence-electron chi connectivity index (χ1n) is 12.3. The minimum Gasteiger partial charge on any atom is -0.380 e. The number of fused-ring (bicyclic) bond motifs is 2. The van der Waals surface area contributed by atoms with Crippen LogP contribution in [0, 0.1) is 11.6 Å². The Kier molecular flexibility index (Phi) is 8.16. The summed E-state index contributed by atoms with van der Waals surface area (Å²) in [4.78, 5) is 20.2. The summed E-state index contributed by atoms with van der Waals surface area (Å²) in [6, 6.07) is 7.45. The maximum absolute atomic E-state index is 15.3. The van der Waals surface area contributed by atoms with Gasteiger partial charge >= 0.3 is 12.1 Å². The average molecular weight is 637 g/mol. The molecule has 2 aliphatic rings. The number of anilines is 2. The van der Waals surface area contributed by atoms with Gasteiger partial charge in [0.2, 0.25) is 0 Å². The number of alkyl halides is 3. The number of benzene rings is 2. The van der Waals surface area contributed by atoms with E-state index in [4.69, 9.17) is 11.6 Å². The van der Waals surface area contributed by atoms with Crippen molar-refractivity contribution in [2.75, 3.05) is 9.79 Å². The van der Waals surface area contributed by atoms with E-state index < -0.39 is 54.0 Å². The molecule has 3 aromatic rings. The molecule has 0 saturated carbocycles. The van der Waals surface area contributed by atoms with Crippen molar-refractivity contribution in [1.82, 2.24) is 9.88 Å². The first kappa shape index (κ1) is 29.5. The van der Waals surface area contributed by atoms with Crippen molar-refractivity contribution >= 4 is 50.4 Å². The molecule has 2 bridgehead atoms. The second-order valence-corrected chi connectivity index (χ2v) is 12.4. The van der Waals surface area contributed by atoms with E-state index in [9.17, 15) is 30.8 Å². The molecule has 5 rings (SSSR count). The highest BCUT2D eigenvalue weighted by Crippen LogP contribution is 2.39. The van der Waals surface area contributed by atoms with E-state index in [1.807, 2.05) is 6.07 Å². The predicted molar refractivity (Wildman–Crippen MR) is 141 cm³/mol. The molecule has 2 aromatic carbocycles. The van der Waals surface area contributed by atoms with E-state index >= 15 is 4.39 Å². The van der Waals surface area contributed by atoms with Gasteiger partial charge < -0.3 is 10.2 Å². The molecule has 8 nitrogen and oxygen atoms in total. The number of nitrogens with zero attached hydrogens (tertiary/aromatic N) is 3. The van der Waals surface area contributed by atoms with Gasteiger partial charge in [-0.3, -0.25) is 4.90 Å². The van der Waals surface area contributed by atoms with E-state index in [0.717, 1.165) is 65.6 Å². The number of hydrogen-bond donors (Lipinski definition) is 1. The Morgan fingerprint density at radius 3 is 2.44 bits per heavy atom. The van der Waals surface area contributed by atoms with Gasteiger partial charge in [0, 0.05) is 36.1 Å². The zero-order valence-electron chi connectivity index (χ0n) is 21.0.